The average Bonchev–Trinajstić information content (AvgIpc) is 3.03. The highest BCUT2D eigenvalue weighted by molar-refractivity contribution is 5.98. The quantitative estimate of drug-likeness (QED) is 0.763. The molecule has 128 valence electrons. The third-order valence-corrected chi connectivity index (χ3v) is 4.25. The first kappa shape index (κ1) is 15.5. The van der Waals surface area contributed by atoms with Gasteiger partial charge >= 0.3 is 0 Å². The minimum atomic E-state index is -0.00973. The Morgan fingerprint density at radius 3 is 2.68 bits per heavy atom. The number of benzene rings is 1. The van der Waals surface area contributed by atoms with Crippen LogP contribution >= 0.6 is 0 Å². The second-order valence-corrected chi connectivity index (χ2v) is 5.82. The van der Waals surface area contributed by atoms with Crippen LogP contribution in [0.3, 0.4) is 0 Å². The van der Waals surface area contributed by atoms with E-state index in [2.05, 4.69) is 15.1 Å². The Bertz CT molecular complexity index is 902. The monoisotopic (exact) mass is 338 g/mol. The van der Waals surface area contributed by atoms with E-state index in [0.29, 0.717) is 48.8 Å². The zero-order valence-corrected chi connectivity index (χ0v) is 13.6. The number of ether oxygens (including phenoxy) is 1. The number of fused-ring (bicyclic) bond motifs is 1. The molecule has 1 amide bonds. The highest BCUT2D eigenvalue weighted by Gasteiger charge is 2.21. The molecule has 1 aliphatic rings. The van der Waals surface area contributed by atoms with Crippen LogP contribution in [0.25, 0.3) is 22.3 Å². The molecule has 0 radical (unpaired) electrons. The number of carbonyl (C=O) groups excluding carboxylic acids is 1. The van der Waals surface area contributed by atoms with Gasteiger partial charge in [-0.25, -0.2) is 14.6 Å². The van der Waals surface area contributed by atoms with Gasteiger partial charge in [0.1, 0.15) is 24.4 Å². The van der Waals surface area contributed by atoms with E-state index in [4.69, 9.17) is 10.5 Å². The number of nitrogens with two attached hydrogens (primary N) is 1. The van der Waals surface area contributed by atoms with Gasteiger partial charge in [-0.2, -0.15) is 5.10 Å². The lowest BCUT2D eigenvalue weighted by Crippen LogP contribution is -2.42. The minimum Gasteiger partial charge on any atom is -0.383 e. The van der Waals surface area contributed by atoms with Crippen LogP contribution in [0.4, 0.5) is 5.82 Å². The number of rotatable bonds is 3. The summed E-state index contributed by atoms with van der Waals surface area (Å²) in [5.41, 5.74) is 8.22. The van der Waals surface area contributed by atoms with Gasteiger partial charge in [0.25, 0.3) is 0 Å². The number of hydrogen-bond acceptors (Lipinski definition) is 6. The van der Waals surface area contributed by atoms with E-state index in [1.807, 2.05) is 30.3 Å². The Balaban J connectivity index is 1.74. The van der Waals surface area contributed by atoms with Crippen molar-refractivity contribution in [2.45, 2.75) is 6.54 Å². The molecule has 0 saturated carbocycles. The van der Waals surface area contributed by atoms with Crippen LogP contribution in [0.5, 0.6) is 0 Å². The minimum absolute atomic E-state index is 0.00973. The van der Waals surface area contributed by atoms with Gasteiger partial charge in [-0.3, -0.25) is 4.79 Å². The summed E-state index contributed by atoms with van der Waals surface area (Å²) in [6.07, 6.45) is 1.39. The molecule has 0 spiro atoms. The van der Waals surface area contributed by atoms with Gasteiger partial charge < -0.3 is 15.4 Å². The van der Waals surface area contributed by atoms with E-state index < -0.39 is 0 Å². The van der Waals surface area contributed by atoms with Crippen molar-refractivity contribution >= 4 is 22.8 Å². The molecule has 0 atom stereocenters. The lowest BCUT2D eigenvalue weighted by Gasteiger charge is -2.26. The topological polar surface area (TPSA) is 99.2 Å². The van der Waals surface area contributed by atoms with Crippen molar-refractivity contribution in [2.75, 3.05) is 32.0 Å². The third-order valence-electron chi connectivity index (χ3n) is 4.25. The van der Waals surface area contributed by atoms with Gasteiger partial charge in [0.05, 0.1) is 18.6 Å². The second kappa shape index (κ2) is 6.48. The van der Waals surface area contributed by atoms with E-state index in [0.717, 1.165) is 5.56 Å². The smallest absolute Gasteiger partial charge is 0.244 e. The number of carbonyl (C=O) groups is 1. The van der Waals surface area contributed by atoms with Crippen molar-refractivity contribution in [2.24, 2.45) is 0 Å². The molecule has 8 nitrogen and oxygen atoms in total. The molecule has 2 aromatic heterocycles. The van der Waals surface area contributed by atoms with Crippen molar-refractivity contribution in [3.63, 3.8) is 0 Å². The van der Waals surface area contributed by atoms with Crippen LogP contribution in [0.1, 0.15) is 0 Å². The predicted molar refractivity (Wildman–Crippen MR) is 92.6 cm³/mol. The molecule has 3 aromatic rings. The summed E-state index contributed by atoms with van der Waals surface area (Å²) in [7, 11) is 0. The van der Waals surface area contributed by atoms with E-state index in [9.17, 15) is 4.79 Å². The summed E-state index contributed by atoms with van der Waals surface area (Å²) in [5, 5.41) is 5.28. The molecular weight excluding hydrogens is 320 g/mol. The lowest BCUT2D eigenvalue weighted by atomic mass is 10.1. The molecule has 3 heterocycles. The molecule has 1 saturated heterocycles. The zero-order valence-electron chi connectivity index (χ0n) is 13.6. The highest BCUT2D eigenvalue weighted by atomic mass is 16.5. The summed E-state index contributed by atoms with van der Waals surface area (Å²) in [4.78, 5) is 22.7. The number of nitrogen functional groups attached to an aromatic ring is 1. The highest BCUT2D eigenvalue weighted by Crippen LogP contribution is 2.29. The first-order valence-electron chi connectivity index (χ1n) is 8.12. The molecule has 4 rings (SSSR count). The van der Waals surface area contributed by atoms with Crippen LogP contribution in [-0.4, -0.2) is 56.9 Å². The number of anilines is 1. The maximum atomic E-state index is 12.6. The Labute approximate surface area is 144 Å². The summed E-state index contributed by atoms with van der Waals surface area (Å²) < 4.78 is 6.90. The van der Waals surface area contributed by atoms with E-state index in [1.165, 1.54) is 6.33 Å². The maximum Gasteiger partial charge on any atom is 0.244 e. The molecular formula is C17H18N6O2. The van der Waals surface area contributed by atoms with Crippen LogP contribution in [-0.2, 0) is 16.1 Å². The van der Waals surface area contributed by atoms with Crippen molar-refractivity contribution in [3.05, 3.63) is 36.7 Å². The number of morpholine rings is 1. The largest absolute Gasteiger partial charge is 0.383 e. The van der Waals surface area contributed by atoms with Crippen molar-refractivity contribution in [3.8, 4) is 11.3 Å². The molecule has 2 N–H and O–H groups in total. The van der Waals surface area contributed by atoms with Crippen molar-refractivity contribution in [1.82, 2.24) is 24.6 Å². The molecule has 1 fully saturated rings. The fraction of sp³-hybridized carbons (Fsp3) is 0.294. The number of aromatic nitrogens is 4. The first-order chi connectivity index (χ1) is 12.2. The molecule has 0 bridgehead atoms. The van der Waals surface area contributed by atoms with Crippen LogP contribution < -0.4 is 5.73 Å². The average molecular weight is 338 g/mol. The molecule has 0 unspecified atom stereocenters. The van der Waals surface area contributed by atoms with Gasteiger partial charge in [0, 0.05) is 18.7 Å². The van der Waals surface area contributed by atoms with Crippen molar-refractivity contribution < 1.29 is 9.53 Å². The van der Waals surface area contributed by atoms with Crippen LogP contribution in [0.15, 0.2) is 36.7 Å². The zero-order chi connectivity index (χ0) is 17.2. The molecule has 25 heavy (non-hydrogen) atoms. The SMILES string of the molecule is Nc1ncnc2c1c(-c1ccccc1)nn2CC(=O)N1CCOCC1. The fourth-order valence-corrected chi connectivity index (χ4v) is 2.98. The van der Waals surface area contributed by atoms with Crippen LogP contribution in [0.2, 0.25) is 0 Å². The second-order valence-electron chi connectivity index (χ2n) is 5.82. The fourth-order valence-electron chi connectivity index (χ4n) is 2.98. The van der Waals surface area contributed by atoms with E-state index in [1.54, 1.807) is 9.58 Å². The predicted octanol–water partition coefficient (Wildman–Crippen LogP) is 0.934. The summed E-state index contributed by atoms with van der Waals surface area (Å²) in [6, 6.07) is 9.69. The Morgan fingerprint density at radius 2 is 1.92 bits per heavy atom. The molecule has 8 heteroatoms. The molecule has 1 aromatic carbocycles. The van der Waals surface area contributed by atoms with Gasteiger partial charge in [-0.05, 0) is 0 Å². The number of hydrogen-bond donors (Lipinski definition) is 1. The standard InChI is InChI=1S/C17H18N6O2/c18-16-14-15(12-4-2-1-3-5-12)21-23(17(14)20-11-19-16)10-13(24)22-6-8-25-9-7-22/h1-5,11H,6-10H2,(H2,18,19,20). The summed E-state index contributed by atoms with van der Waals surface area (Å²) >= 11 is 0. The number of nitrogens with zero attached hydrogens (tertiary/aromatic N) is 5. The molecule has 1 aliphatic heterocycles. The van der Waals surface area contributed by atoms with Gasteiger partial charge in [-0.15, -0.1) is 0 Å². The Hall–Kier alpha value is -3.00. The summed E-state index contributed by atoms with van der Waals surface area (Å²) in [6.45, 7) is 2.44. The van der Waals surface area contributed by atoms with Crippen molar-refractivity contribution in [1.29, 1.82) is 0 Å². The van der Waals surface area contributed by atoms with Gasteiger partial charge in [0.2, 0.25) is 5.91 Å². The Morgan fingerprint density at radius 1 is 1.16 bits per heavy atom. The van der Waals surface area contributed by atoms with Gasteiger partial charge in [0.15, 0.2) is 5.65 Å². The van der Waals surface area contributed by atoms with Crippen LogP contribution in [0, 0.1) is 0 Å². The summed E-state index contributed by atoms with van der Waals surface area (Å²) in [5.74, 6) is 0.346. The van der Waals surface area contributed by atoms with Gasteiger partial charge in [-0.1, -0.05) is 30.3 Å². The van der Waals surface area contributed by atoms with E-state index in [-0.39, 0.29) is 12.5 Å². The maximum absolute atomic E-state index is 12.6. The number of amides is 1. The molecule has 0 aliphatic carbocycles. The first-order valence-corrected chi connectivity index (χ1v) is 8.12. The lowest BCUT2D eigenvalue weighted by molar-refractivity contribution is -0.136. The third kappa shape index (κ3) is 2.91. The normalized spacial score (nSPS) is 14.8. The van der Waals surface area contributed by atoms with E-state index >= 15 is 0 Å². The Kier molecular flexibility index (Phi) is 4.02.